The summed E-state index contributed by atoms with van der Waals surface area (Å²) < 4.78 is 6.31. The molecule has 1 fully saturated rings. The molecule has 1 nitrogen and oxygen atoms in total. The highest BCUT2D eigenvalue weighted by atomic mass is 28.2. The maximum Gasteiger partial charge on any atom is 0.0488 e. The van der Waals surface area contributed by atoms with Crippen LogP contribution in [0.2, 0.25) is 5.04 Å². The van der Waals surface area contributed by atoms with E-state index in [1.165, 1.54) is 36.8 Å². The molecule has 0 radical (unpaired) electrons. The first kappa shape index (κ1) is 17.7. The third kappa shape index (κ3) is 4.08. The second-order valence-electron chi connectivity index (χ2n) is 8.18. The molecular formula is C21H30OSi2. The number of hydrogen-bond acceptors (Lipinski definition) is 1. The van der Waals surface area contributed by atoms with Gasteiger partial charge in [-0.15, -0.1) is 0 Å². The van der Waals surface area contributed by atoms with Crippen LogP contribution in [0.5, 0.6) is 0 Å². The summed E-state index contributed by atoms with van der Waals surface area (Å²) in [5.41, 5.74) is 2.89. The molecule has 3 rings (SSSR count). The third-order valence-electron chi connectivity index (χ3n) is 5.43. The fraction of sp³-hybridized carbons (Fsp3) is 0.429. The summed E-state index contributed by atoms with van der Waals surface area (Å²) in [5.74, 6) is 0.461. The lowest BCUT2D eigenvalue weighted by atomic mass is 9.77. The fourth-order valence-electron chi connectivity index (χ4n) is 4.58. The predicted molar refractivity (Wildman–Crippen MR) is 110 cm³/mol. The number of rotatable bonds is 5. The van der Waals surface area contributed by atoms with E-state index in [1.54, 1.807) is 0 Å². The van der Waals surface area contributed by atoms with E-state index in [0.717, 1.165) is 27.1 Å². The quantitative estimate of drug-likeness (QED) is 0.750. The third-order valence-corrected chi connectivity index (χ3v) is 7.50. The molecular weight excluding hydrogens is 324 g/mol. The Bertz CT molecular complexity index is 594. The van der Waals surface area contributed by atoms with Crippen LogP contribution < -0.4 is 0 Å². The predicted octanol–water partition coefficient (Wildman–Crippen LogP) is 3.01. The smallest absolute Gasteiger partial charge is 0.0488 e. The van der Waals surface area contributed by atoms with Crippen LogP contribution in [0.25, 0.3) is 0 Å². The maximum absolute atomic E-state index is 6.31. The molecule has 0 bridgehead atoms. The summed E-state index contributed by atoms with van der Waals surface area (Å²) in [6, 6.07) is 22.2. The lowest BCUT2D eigenvalue weighted by molar-refractivity contribution is -0.0300. The Hall–Kier alpha value is -1.17. The highest BCUT2D eigenvalue weighted by molar-refractivity contribution is 6.19. The zero-order valence-corrected chi connectivity index (χ0v) is 19.3. The van der Waals surface area contributed by atoms with Gasteiger partial charge in [-0.05, 0) is 41.8 Å². The monoisotopic (exact) mass is 354 g/mol. The van der Waals surface area contributed by atoms with Crippen molar-refractivity contribution in [3.8, 4) is 0 Å². The maximum atomic E-state index is 6.31. The van der Waals surface area contributed by atoms with E-state index in [1.807, 2.05) is 0 Å². The second kappa shape index (κ2) is 7.38. The van der Waals surface area contributed by atoms with Crippen LogP contribution in [-0.2, 0) is 4.74 Å². The van der Waals surface area contributed by atoms with Gasteiger partial charge in [0.2, 0.25) is 0 Å². The van der Waals surface area contributed by atoms with E-state index in [0.29, 0.717) is 11.0 Å². The fourth-order valence-corrected chi connectivity index (χ4v) is 8.17. The summed E-state index contributed by atoms with van der Waals surface area (Å²) in [4.78, 5) is 0. The zero-order valence-electron chi connectivity index (χ0n) is 15.3. The van der Waals surface area contributed by atoms with Crippen molar-refractivity contribution in [2.75, 3.05) is 6.61 Å². The first-order valence-electron chi connectivity index (χ1n) is 9.24. The molecule has 0 N–H and O–H groups in total. The van der Waals surface area contributed by atoms with Gasteiger partial charge in [0.1, 0.15) is 0 Å². The van der Waals surface area contributed by atoms with E-state index in [2.05, 4.69) is 67.6 Å². The molecule has 2 aromatic carbocycles. The van der Waals surface area contributed by atoms with Crippen LogP contribution in [0.3, 0.4) is 0 Å². The van der Waals surface area contributed by atoms with Gasteiger partial charge in [-0.1, -0.05) is 67.6 Å². The minimum Gasteiger partial charge on any atom is -0.380 e. The average Bonchev–Trinajstić information content (AvgIpc) is 2.56. The van der Waals surface area contributed by atoms with Crippen molar-refractivity contribution in [2.45, 2.75) is 48.8 Å². The van der Waals surface area contributed by atoms with E-state index >= 15 is 0 Å². The zero-order chi connectivity index (χ0) is 17.0. The average molecular weight is 355 g/mol. The van der Waals surface area contributed by atoms with E-state index in [4.69, 9.17) is 4.74 Å². The topological polar surface area (TPSA) is 9.23 Å². The van der Waals surface area contributed by atoms with Crippen molar-refractivity contribution in [2.24, 2.45) is 0 Å². The Balaban J connectivity index is 1.95. The van der Waals surface area contributed by atoms with Crippen molar-refractivity contribution in [3.63, 3.8) is 0 Å². The standard InChI is InChI=1S/C21H30OSi2/c1-20(23,16-21(24)14-8-9-15-22-21)19(17-10-4-2-5-11-17)18-12-6-3-7-13-18/h2-7,10-13,19H,8-9,14-16H2,1,23-24H3. The van der Waals surface area contributed by atoms with Gasteiger partial charge in [0, 0.05) is 38.2 Å². The van der Waals surface area contributed by atoms with Gasteiger partial charge in [-0.25, -0.2) is 0 Å². The molecule has 128 valence electrons. The van der Waals surface area contributed by atoms with Crippen LogP contribution in [0, 0.1) is 0 Å². The molecule has 0 aliphatic carbocycles. The molecule has 1 saturated heterocycles. The van der Waals surface area contributed by atoms with Gasteiger partial charge >= 0.3 is 0 Å². The molecule has 1 aliphatic rings. The van der Waals surface area contributed by atoms with Crippen LogP contribution >= 0.6 is 0 Å². The van der Waals surface area contributed by atoms with Crippen LogP contribution in [-0.4, -0.2) is 32.3 Å². The SMILES string of the molecule is CC([SiH3])(CC1([SiH3])CCCCO1)C(c1ccccc1)c1ccccc1. The highest BCUT2D eigenvalue weighted by Gasteiger charge is 2.40. The Morgan fingerprint density at radius 2 is 1.54 bits per heavy atom. The number of ether oxygens (including phenoxy) is 1. The van der Waals surface area contributed by atoms with Crippen molar-refractivity contribution in [1.29, 1.82) is 0 Å². The van der Waals surface area contributed by atoms with Gasteiger partial charge in [-0.3, -0.25) is 0 Å². The summed E-state index contributed by atoms with van der Waals surface area (Å²) in [5, 5.41) is 0.471. The lowest BCUT2D eigenvalue weighted by Crippen LogP contribution is -2.41. The number of benzene rings is 2. The van der Waals surface area contributed by atoms with Crippen LogP contribution in [0.15, 0.2) is 60.7 Å². The van der Waals surface area contributed by atoms with Crippen molar-refractivity contribution in [3.05, 3.63) is 71.8 Å². The minimum atomic E-state index is 0.177. The van der Waals surface area contributed by atoms with Gasteiger partial charge in [-0.2, -0.15) is 0 Å². The molecule has 1 heterocycles. The van der Waals surface area contributed by atoms with Crippen molar-refractivity contribution < 1.29 is 4.74 Å². The minimum absolute atomic E-state index is 0.177. The molecule has 0 spiro atoms. The summed E-state index contributed by atoms with van der Waals surface area (Å²) in [6.07, 6.45) is 5.03. The first-order chi connectivity index (χ1) is 11.5. The van der Waals surface area contributed by atoms with E-state index < -0.39 is 0 Å². The van der Waals surface area contributed by atoms with Crippen molar-refractivity contribution in [1.82, 2.24) is 0 Å². The molecule has 1 aliphatic heterocycles. The van der Waals surface area contributed by atoms with Gasteiger partial charge in [0.25, 0.3) is 0 Å². The molecule has 2 aromatic rings. The number of hydrogen-bond donors (Lipinski definition) is 0. The molecule has 2 unspecified atom stereocenters. The summed E-state index contributed by atoms with van der Waals surface area (Å²) in [6.45, 7) is 3.45. The molecule has 3 heteroatoms. The molecule has 2 atom stereocenters. The summed E-state index contributed by atoms with van der Waals surface area (Å²) in [7, 11) is 2.29. The molecule has 0 aromatic heterocycles. The van der Waals surface area contributed by atoms with Gasteiger partial charge in [0.15, 0.2) is 0 Å². The lowest BCUT2D eigenvalue weighted by Gasteiger charge is -2.44. The van der Waals surface area contributed by atoms with Crippen LogP contribution in [0.4, 0.5) is 0 Å². The molecule has 24 heavy (non-hydrogen) atoms. The first-order valence-corrected chi connectivity index (χ1v) is 11.2. The second-order valence-corrected chi connectivity index (χ2v) is 12.3. The van der Waals surface area contributed by atoms with E-state index in [-0.39, 0.29) is 5.22 Å². The normalized spacial score (nSPS) is 24.1. The Kier molecular flexibility index (Phi) is 5.43. The van der Waals surface area contributed by atoms with E-state index in [9.17, 15) is 0 Å². The van der Waals surface area contributed by atoms with Gasteiger partial charge < -0.3 is 4.74 Å². The molecule has 0 saturated carbocycles. The highest BCUT2D eigenvalue weighted by Crippen LogP contribution is 2.50. The molecule has 0 amide bonds. The Labute approximate surface area is 152 Å². The summed E-state index contributed by atoms with van der Waals surface area (Å²) >= 11 is 0. The van der Waals surface area contributed by atoms with Crippen LogP contribution in [0.1, 0.15) is 49.7 Å². The van der Waals surface area contributed by atoms with Gasteiger partial charge in [0.05, 0.1) is 0 Å². The largest absolute Gasteiger partial charge is 0.380 e. The van der Waals surface area contributed by atoms with Crippen molar-refractivity contribution >= 4 is 20.5 Å². The Morgan fingerprint density at radius 3 is 2.00 bits per heavy atom. The Morgan fingerprint density at radius 1 is 1.00 bits per heavy atom.